The highest BCUT2D eigenvalue weighted by Crippen LogP contribution is 2.33. The molecule has 1 heterocycles. The number of aliphatic hydroxyl groups excluding tert-OH is 1. The predicted octanol–water partition coefficient (Wildman–Crippen LogP) is 3.30. The molecule has 0 amide bonds. The Labute approximate surface area is 159 Å². The molecule has 0 atom stereocenters. The third kappa shape index (κ3) is 4.59. The Balaban J connectivity index is 1.62. The summed E-state index contributed by atoms with van der Waals surface area (Å²) in [6.45, 7) is 1.15. The summed E-state index contributed by atoms with van der Waals surface area (Å²) in [5.74, 6) is 1.53. The van der Waals surface area contributed by atoms with Gasteiger partial charge < -0.3 is 19.3 Å². The van der Waals surface area contributed by atoms with Gasteiger partial charge in [0.15, 0.2) is 5.76 Å². The molecule has 25 heavy (non-hydrogen) atoms. The molecule has 0 fully saturated rings. The molecule has 1 aliphatic heterocycles. The van der Waals surface area contributed by atoms with Crippen LogP contribution in [0.3, 0.4) is 0 Å². The molecule has 2 aromatic carbocycles. The van der Waals surface area contributed by atoms with E-state index in [-0.39, 0.29) is 12.4 Å². The molecule has 3 rings (SSSR count). The van der Waals surface area contributed by atoms with E-state index >= 15 is 0 Å². The minimum atomic E-state index is -0.102. The highest BCUT2D eigenvalue weighted by molar-refractivity contribution is 14.1. The van der Waals surface area contributed by atoms with Crippen LogP contribution in [-0.4, -0.2) is 37.3 Å². The summed E-state index contributed by atoms with van der Waals surface area (Å²) in [5.41, 5.74) is 1.45. The number of ether oxygens (including phenoxy) is 3. The van der Waals surface area contributed by atoms with Crippen LogP contribution in [0.2, 0.25) is 0 Å². The van der Waals surface area contributed by atoms with E-state index in [1.165, 1.54) is 0 Å². The monoisotopic (exact) mass is 452 g/mol. The molecule has 130 valence electrons. The van der Waals surface area contributed by atoms with Crippen LogP contribution in [0.4, 0.5) is 0 Å². The molecule has 6 heteroatoms. The lowest BCUT2D eigenvalue weighted by Crippen LogP contribution is -2.09. The number of allylic oxidation sites excluding steroid dienone is 1. The van der Waals surface area contributed by atoms with Gasteiger partial charge in [0, 0.05) is 3.57 Å². The molecular weight excluding hydrogens is 435 g/mol. The summed E-state index contributed by atoms with van der Waals surface area (Å²) in [5, 5.41) is 8.61. The molecule has 0 radical (unpaired) electrons. The van der Waals surface area contributed by atoms with E-state index in [1.54, 1.807) is 6.08 Å². The fourth-order valence-corrected chi connectivity index (χ4v) is 2.85. The molecular formula is C19H17IO5. The summed E-state index contributed by atoms with van der Waals surface area (Å²) >= 11 is 2.17. The fourth-order valence-electron chi connectivity index (χ4n) is 2.36. The number of hydrogen-bond acceptors (Lipinski definition) is 5. The zero-order valence-corrected chi connectivity index (χ0v) is 15.6. The van der Waals surface area contributed by atoms with E-state index in [1.807, 2.05) is 42.5 Å². The molecule has 0 unspecified atom stereocenters. The second kappa shape index (κ2) is 8.46. The Morgan fingerprint density at radius 3 is 2.64 bits per heavy atom. The Morgan fingerprint density at radius 1 is 1.08 bits per heavy atom. The lowest BCUT2D eigenvalue weighted by atomic mass is 10.1. The van der Waals surface area contributed by atoms with Gasteiger partial charge in [-0.1, -0.05) is 12.1 Å². The van der Waals surface area contributed by atoms with Crippen molar-refractivity contribution in [2.45, 2.75) is 0 Å². The molecule has 1 N–H and O–H groups in total. The normalized spacial score (nSPS) is 14.5. The standard InChI is InChI=1S/C19H17IO5/c20-14-3-6-17-16(12-14)19(22)18(25-17)11-13-1-4-15(5-2-13)24-10-9-23-8-7-21/h1-6,11-12,21H,7-10H2/b18-11+. The van der Waals surface area contributed by atoms with Crippen LogP contribution >= 0.6 is 22.6 Å². The van der Waals surface area contributed by atoms with Crippen molar-refractivity contribution in [3.63, 3.8) is 0 Å². The molecule has 0 saturated carbocycles. The maximum atomic E-state index is 12.4. The highest BCUT2D eigenvalue weighted by atomic mass is 127. The molecule has 0 aromatic heterocycles. The minimum absolute atomic E-state index is 0.00712. The second-order valence-corrected chi connectivity index (χ2v) is 6.58. The van der Waals surface area contributed by atoms with E-state index in [0.717, 1.165) is 9.13 Å². The van der Waals surface area contributed by atoms with Crippen LogP contribution in [0.1, 0.15) is 15.9 Å². The van der Waals surface area contributed by atoms with Crippen molar-refractivity contribution in [3.8, 4) is 11.5 Å². The molecule has 0 saturated heterocycles. The first-order valence-corrected chi connectivity index (χ1v) is 8.90. The average Bonchev–Trinajstić information content (AvgIpc) is 2.92. The number of halogens is 1. The Hall–Kier alpha value is -1.90. The van der Waals surface area contributed by atoms with Crippen molar-refractivity contribution >= 4 is 34.5 Å². The summed E-state index contributed by atoms with van der Waals surface area (Å²) in [6, 6.07) is 12.9. The summed E-state index contributed by atoms with van der Waals surface area (Å²) in [4.78, 5) is 12.4. The number of benzene rings is 2. The van der Waals surface area contributed by atoms with Gasteiger partial charge in [-0.25, -0.2) is 0 Å². The van der Waals surface area contributed by atoms with Gasteiger partial charge in [0.2, 0.25) is 5.78 Å². The van der Waals surface area contributed by atoms with Crippen LogP contribution < -0.4 is 9.47 Å². The van der Waals surface area contributed by atoms with Crippen molar-refractivity contribution in [2.75, 3.05) is 26.4 Å². The number of carbonyl (C=O) groups excluding carboxylic acids is 1. The third-order valence-electron chi connectivity index (χ3n) is 3.54. The van der Waals surface area contributed by atoms with Crippen molar-refractivity contribution in [2.24, 2.45) is 0 Å². The summed E-state index contributed by atoms with van der Waals surface area (Å²) in [7, 11) is 0. The quantitative estimate of drug-likeness (QED) is 0.397. The predicted molar refractivity (Wildman–Crippen MR) is 102 cm³/mol. The van der Waals surface area contributed by atoms with Gasteiger partial charge in [-0.15, -0.1) is 0 Å². The van der Waals surface area contributed by atoms with Crippen molar-refractivity contribution in [1.82, 2.24) is 0 Å². The first kappa shape index (κ1) is 17.9. The van der Waals surface area contributed by atoms with Crippen LogP contribution in [0.15, 0.2) is 48.2 Å². The topological polar surface area (TPSA) is 65.0 Å². The number of ketones is 1. The fraction of sp³-hybridized carbons (Fsp3) is 0.211. The Bertz CT molecular complexity index is 783. The van der Waals surface area contributed by atoms with Gasteiger partial charge in [-0.05, 0) is 64.6 Å². The van der Waals surface area contributed by atoms with Gasteiger partial charge in [-0.3, -0.25) is 4.79 Å². The van der Waals surface area contributed by atoms with Crippen molar-refractivity contribution in [3.05, 3.63) is 62.9 Å². The Kier molecular flexibility index (Phi) is 6.06. The molecule has 0 bridgehead atoms. The number of Topliss-reactive ketones (excluding diaryl/α,β-unsaturated/α-hetero) is 1. The van der Waals surface area contributed by atoms with E-state index < -0.39 is 0 Å². The lowest BCUT2D eigenvalue weighted by Gasteiger charge is -2.06. The first-order chi connectivity index (χ1) is 12.2. The Morgan fingerprint density at radius 2 is 1.88 bits per heavy atom. The average molecular weight is 452 g/mol. The van der Waals surface area contributed by atoms with Crippen LogP contribution in [0, 0.1) is 3.57 Å². The molecule has 5 nitrogen and oxygen atoms in total. The minimum Gasteiger partial charge on any atom is -0.491 e. The molecule has 2 aromatic rings. The SMILES string of the molecule is O=C1/C(=C\c2ccc(OCCOCCO)cc2)Oc2ccc(I)cc21. The molecule has 0 aliphatic carbocycles. The van der Waals surface area contributed by atoms with Gasteiger partial charge >= 0.3 is 0 Å². The smallest absolute Gasteiger partial charge is 0.232 e. The first-order valence-electron chi connectivity index (χ1n) is 7.82. The number of hydrogen-bond donors (Lipinski definition) is 1. The molecule has 1 aliphatic rings. The number of aliphatic hydroxyl groups is 1. The van der Waals surface area contributed by atoms with Crippen LogP contribution in [0.25, 0.3) is 6.08 Å². The van der Waals surface area contributed by atoms with Crippen molar-refractivity contribution < 1.29 is 24.1 Å². The van der Waals surface area contributed by atoms with Gasteiger partial charge in [0.25, 0.3) is 0 Å². The lowest BCUT2D eigenvalue weighted by molar-refractivity contribution is 0.0705. The highest BCUT2D eigenvalue weighted by Gasteiger charge is 2.27. The third-order valence-corrected chi connectivity index (χ3v) is 4.21. The van der Waals surface area contributed by atoms with Gasteiger partial charge in [-0.2, -0.15) is 0 Å². The van der Waals surface area contributed by atoms with Crippen LogP contribution in [-0.2, 0) is 4.74 Å². The van der Waals surface area contributed by atoms with Crippen molar-refractivity contribution in [1.29, 1.82) is 0 Å². The van der Waals surface area contributed by atoms with Crippen LogP contribution in [0.5, 0.6) is 11.5 Å². The zero-order chi connectivity index (χ0) is 17.6. The maximum Gasteiger partial charge on any atom is 0.232 e. The largest absolute Gasteiger partial charge is 0.491 e. The maximum absolute atomic E-state index is 12.4. The number of rotatable bonds is 7. The van der Waals surface area contributed by atoms with E-state index in [2.05, 4.69) is 22.6 Å². The second-order valence-electron chi connectivity index (χ2n) is 5.33. The number of carbonyl (C=O) groups is 1. The van der Waals surface area contributed by atoms with E-state index in [4.69, 9.17) is 19.3 Å². The zero-order valence-electron chi connectivity index (χ0n) is 13.4. The van der Waals surface area contributed by atoms with E-state index in [9.17, 15) is 4.79 Å². The number of fused-ring (bicyclic) bond motifs is 1. The molecule has 0 spiro atoms. The van der Waals surface area contributed by atoms with E-state index in [0.29, 0.717) is 42.6 Å². The van der Waals surface area contributed by atoms with Gasteiger partial charge in [0.05, 0.1) is 25.4 Å². The summed E-state index contributed by atoms with van der Waals surface area (Å²) < 4.78 is 17.3. The summed E-state index contributed by atoms with van der Waals surface area (Å²) in [6.07, 6.45) is 1.73. The van der Waals surface area contributed by atoms with Gasteiger partial charge in [0.1, 0.15) is 18.1 Å².